The number of hydrogen-bond acceptors (Lipinski definition) is 6. The highest BCUT2D eigenvalue weighted by atomic mass is 16.4. The van der Waals surface area contributed by atoms with Crippen LogP contribution in [0.25, 0.3) is 21.9 Å². The van der Waals surface area contributed by atoms with Crippen LogP contribution in [-0.4, -0.2) is 31.0 Å². The minimum absolute atomic E-state index is 0.0847. The van der Waals surface area contributed by atoms with Crippen LogP contribution in [0.2, 0.25) is 0 Å². The fraction of sp³-hybridized carbons (Fsp3) is 0.0909. The summed E-state index contributed by atoms with van der Waals surface area (Å²) in [4.78, 5) is 25.8. The van der Waals surface area contributed by atoms with Gasteiger partial charge < -0.3 is 19.8 Å². The summed E-state index contributed by atoms with van der Waals surface area (Å²) >= 11 is 0. The minimum atomic E-state index is -0.790. The monoisotopic (exact) mass is 401 g/mol. The fourth-order valence-corrected chi connectivity index (χ4v) is 3.09. The number of imidazole rings is 1. The van der Waals surface area contributed by atoms with Crippen molar-refractivity contribution in [3.63, 3.8) is 0 Å². The zero-order valence-corrected chi connectivity index (χ0v) is 15.9. The smallest absolute Gasteiger partial charge is 0.307 e. The number of nitrogens with one attached hydrogen (secondary N) is 2. The number of hydrogen-bond donors (Lipinski definition) is 3. The molecule has 0 radical (unpaired) electrons. The number of anilines is 1. The van der Waals surface area contributed by atoms with E-state index in [1.807, 2.05) is 54.6 Å². The van der Waals surface area contributed by atoms with Gasteiger partial charge in [-0.15, -0.1) is 0 Å². The SMILES string of the molecule is O=C(O)Cc1cccc2ccccc12.c1coc(CNc2ncnc3nc[nH]c23)c1. The normalized spacial score (nSPS) is 10.5. The van der Waals surface area contributed by atoms with Crippen molar-refractivity contribution in [2.24, 2.45) is 0 Å². The Kier molecular flexibility index (Phi) is 5.66. The third-order valence-electron chi connectivity index (χ3n) is 4.45. The summed E-state index contributed by atoms with van der Waals surface area (Å²) in [6.45, 7) is 0.581. The number of aromatic amines is 1. The standard InChI is InChI=1S/C12H10O2.C10H9N5O/c13-12(14)8-10-6-3-5-9-4-1-2-7-11(9)10;1-2-7(16-3-1)4-11-9-8-10(13-5-12-8)15-6-14-9/h1-7H,8H2,(H,13,14);1-3,5-6H,4H2,(H2,11,12,13,14,15). The Labute approximate surface area is 171 Å². The molecule has 0 spiro atoms. The molecule has 8 heteroatoms. The van der Waals surface area contributed by atoms with E-state index in [9.17, 15) is 4.79 Å². The molecule has 150 valence electrons. The number of benzene rings is 2. The molecule has 0 saturated carbocycles. The second-order valence-corrected chi connectivity index (χ2v) is 6.47. The maximum absolute atomic E-state index is 10.6. The van der Waals surface area contributed by atoms with Gasteiger partial charge in [0.25, 0.3) is 0 Å². The second-order valence-electron chi connectivity index (χ2n) is 6.47. The Morgan fingerprint density at radius 2 is 1.90 bits per heavy atom. The summed E-state index contributed by atoms with van der Waals surface area (Å²) in [5.41, 5.74) is 2.32. The van der Waals surface area contributed by atoms with Crippen LogP contribution < -0.4 is 5.32 Å². The Bertz CT molecular complexity index is 1260. The first-order valence-electron chi connectivity index (χ1n) is 9.29. The number of aliphatic carboxylic acids is 1. The predicted molar refractivity (Wildman–Crippen MR) is 113 cm³/mol. The third-order valence-corrected chi connectivity index (χ3v) is 4.45. The summed E-state index contributed by atoms with van der Waals surface area (Å²) in [6, 6.07) is 17.3. The minimum Gasteiger partial charge on any atom is -0.481 e. The molecule has 0 aliphatic carbocycles. The van der Waals surface area contributed by atoms with Crippen LogP contribution in [0.15, 0.2) is 77.9 Å². The van der Waals surface area contributed by atoms with E-state index in [1.54, 1.807) is 12.6 Å². The maximum Gasteiger partial charge on any atom is 0.307 e. The highest BCUT2D eigenvalue weighted by Crippen LogP contribution is 2.18. The molecular weight excluding hydrogens is 382 g/mol. The zero-order chi connectivity index (χ0) is 20.8. The van der Waals surface area contributed by atoms with Crippen molar-refractivity contribution in [2.75, 3.05) is 5.32 Å². The van der Waals surface area contributed by atoms with E-state index >= 15 is 0 Å². The average molecular weight is 401 g/mol. The Balaban J connectivity index is 0.000000147. The van der Waals surface area contributed by atoms with Crippen molar-refractivity contribution in [3.8, 4) is 0 Å². The summed E-state index contributed by atoms with van der Waals surface area (Å²) in [7, 11) is 0. The molecule has 0 atom stereocenters. The summed E-state index contributed by atoms with van der Waals surface area (Å²) < 4.78 is 5.22. The van der Waals surface area contributed by atoms with Crippen molar-refractivity contribution < 1.29 is 14.3 Å². The van der Waals surface area contributed by atoms with Gasteiger partial charge >= 0.3 is 5.97 Å². The molecule has 0 amide bonds. The largest absolute Gasteiger partial charge is 0.481 e. The lowest BCUT2D eigenvalue weighted by molar-refractivity contribution is -0.136. The molecule has 3 heterocycles. The zero-order valence-electron chi connectivity index (χ0n) is 15.9. The van der Waals surface area contributed by atoms with E-state index in [4.69, 9.17) is 9.52 Å². The molecular formula is C22H19N5O3. The Hall–Kier alpha value is -4.20. The highest BCUT2D eigenvalue weighted by molar-refractivity contribution is 5.88. The molecule has 5 aromatic rings. The van der Waals surface area contributed by atoms with Gasteiger partial charge in [0.05, 0.1) is 25.6 Å². The van der Waals surface area contributed by atoms with Crippen molar-refractivity contribution in [3.05, 3.63) is 84.8 Å². The van der Waals surface area contributed by atoms with Gasteiger partial charge in [-0.25, -0.2) is 15.0 Å². The number of nitrogens with zero attached hydrogens (tertiary/aromatic N) is 3. The van der Waals surface area contributed by atoms with Crippen molar-refractivity contribution >= 4 is 33.7 Å². The van der Waals surface area contributed by atoms with E-state index in [2.05, 4.69) is 25.3 Å². The number of aromatic nitrogens is 4. The van der Waals surface area contributed by atoms with Gasteiger partial charge in [0, 0.05) is 0 Å². The van der Waals surface area contributed by atoms with Crippen molar-refractivity contribution in [1.29, 1.82) is 0 Å². The van der Waals surface area contributed by atoms with Crippen LogP contribution in [0.5, 0.6) is 0 Å². The van der Waals surface area contributed by atoms with Crippen LogP contribution in [0.3, 0.4) is 0 Å². The molecule has 3 aromatic heterocycles. The van der Waals surface area contributed by atoms with Crippen molar-refractivity contribution in [2.45, 2.75) is 13.0 Å². The molecule has 0 saturated heterocycles. The number of furan rings is 1. The van der Waals surface area contributed by atoms with Crippen LogP contribution >= 0.6 is 0 Å². The first kappa shape index (κ1) is 19.1. The number of H-pyrrole nitrogens is 1. The van der Waals surface area contributed by atoms with Gasteiger partial charge in [0.1, 0.15) is 17.6 Å². The van der Waals surface area contributed by atoms with Gasteiger partial charge in [0.15, 0.2) is 11.5 Å². The highest BCUT2D eigenvalue weighted by Gasteiger charge is 2.06. The number of carbonyl (C=O) groups is 1. The van der Waals surface area contributed by atoms with E-state index < -0.39 is 5.97 Å². The quantitative estimate of drug-likeness (QED) is 0.407. The van der Waals surface area contributed by atoms with Gasteiger partial charge in [-0.2, -0.15) is 0 Å². The summed E-state index contributed by atoms with van der Waals surface area (Å²) in [5, 5.41) is 14.0. The lowest BCUT2D eigenvalue weighted by atomic mass is 10.0. The molecule has 0 unspecified atom stereocenters. The van der Waals surface area contributed by atoms with Gasteiger partial charge in [0.2, 0.25) is 0 Å². The maximum atomic E-state index is 10.6. The second kappa shape index (κ2) is 8.87. The first-order chi connectivity index (χ1) is 14.7. The molecule has 3 N–H and O–H groups in total. The summed E-state index contributed by atoms with van der Waals surface area (Å²) in [6.07, 6.45) is 4.80. The lowest BCUT2D eigenvalue weighted by Crippen LogP contribution is -2.01. The number of carboxylic acid groups (broad SMARTS) is 1. The van der Waals surface area contributed by atoms with E-state index in [-0.39, 0.29) is 6.42 Å². The van der Waals surface area contributed by atoms with Crippen LogP contribution in [0, 0.1) is 0 Å². The van der Waals surface area contributed by atoms with Gasteiger partial charge in [-0.3, -0.25) is 4.79 Å². The molecule has 30 heavy (non-hydrogen) atoms. The third kappa shape index (κ3) is 4.44. The topological polar surface area (TPSA) is 117 Å². The molecule has 0 fully saturated rings. The lowest BCUT2D eigenvalue weighted by Gasteiger charge is -2.03. The van der Waals surface area contributed by atoms with Crippen molar-refractivity contribution in [1.82, 2.24) is 19.9 Å². The molecule has 0 aliphatic heterocycles. The number of carboxylic acids is 1. The van der Waals surface area contributed by atoms with Gasteiger partial charge in [-0.1, -0.05) is 42.5 Å². The van der Waals surface area contributed by atoms with Crippen LogP contribution in [0.4, 0.5) is 5.82 Å². The average Bonchev–Trinajstić information content (AvgIpc) is 3.45. The van der Waals surface area contributed by atoms with Crippen LogP contribution in [-0.2, 0) is 17.8 Å². The van der Waals surface area contributed by atoms with Crippen LogP contribution in [0.1, 0.15) is 11.3 Å². The molecule has 8 nitrogen and oxygen atoms in total. The molecule has 2 aromatic carbocycles. The number of rotatable bonds is 5. The molecule has 5 rings (SSSR count). The van der Waals surface area contributed by atoms with E-state index in [0.29, 0.717) is 12.2 Å². The number of fused-ring (bicyclic) bond motifs is 2. The van der Waals surface area contributed by atoms with E-state index in [1.165, 1.54) is 6.33 Å². The summed E-state index contributed by atoms with van der Waals surface area (Å²) in [5.74, 6) is 0.784. The molecule has 0 aliphatic rings. The van der Waals surface area contributed by atoms with E-state index in [0.717, 1.165) is 33.4 Å². The fourth-order valence-electron chi connectivity index (χ4n) is 3.09. The Morgan fingerprint density at radius 3 is 2.73 bits per heavy atom. The van der Waals surface area contributed by atoms with Gasteiger partial charge in [-0.05, 0) is 28.5 Å². The first-order valence-corrected chi connectivity index (χ1v) is 9.29. The Morgan fingerprint density at radius 1 is 1.03 bits per heavy atom. The molecule has 0 bridgehead atoms. The predicted octanol–water partition coefficient (Wildman–Crippen LogP) is 4.02.